The van der Waals surface area contributed by atoms with Crippen LogP contribution in [-0.4, -0.2) is 30.2 Å². The Labute approximate surface area is 106 Å². The van der Waals surface area contributed by atoms with Crippen LogP contribution in [-0.2, 0) is 0 Å². The number of piperidine rings is 1. The normalized spacial score (nSPS) is 35.1. The number of nitrogens with zero attached hydrogens (tertiary/aromatic N) is 2. The molecule has 2 aliphatic rings. The van der Waals surface area contributed by atoms with Gasteiger partial charge in [-0.3, -0.25) is 4.90 Å². The summed E-state index contributed by atoms with van der Waals surface area (Å²) < 4.78 is 38.3. The number of rotatable bonds is 1. The lowest BCUT2D eigenvalue weighted by atomic mass is 9.83. The van der Waals surface area contributed by atoms with Crippen molar-refractivity contribution in [2.45, 2.75) is 50.7 Å². The van der Waals surface area contributed by atoms with Gasteiger partial charge in [0.15, 0.2) is 0 Å². The van der Waals surface area contributed by atoms with E-state index < -0.39 is 12.1 Å². The summed E-state index contributed by atoms with van der Waals surface area (Å²) in [4.78, 5) is 1.93. The average Bonchev–Trinajstić information content (AvgIpc) is 2.38. The summed E-state index contributed by atoms with van der Waals surface area (Å²) in [5.74, 6) is -1.28. The number of hydrogen-bond donors (Lipinski definition) is 0. The van der Waals surface area contributed by atoms with Gasteiger partial charge in [0.05, 0.1) is 17.9 Å². The molecule has 0 spiro atoms. The van der Waals surface area contributed by atoms with Crippen molar-refractivity contribution in [2.75, 3.05) is 13.1 Å². The Kier molecular flexibility index (Phi) is 4.16. The molecule has 2 fully saturated rings. The highest BCUT2D eigenvalue weighted by Crippen LogP contribution is 2.36. The Morgan fingerprint density at radius 3 is 2.44 bits per heavy atom. The van der Waals surface area contributed by atoms with Gasteiger partial charge in [0.25, 0.3) is 0 Å². The molecule has 1 saturated carbocycles. The second kappa shape index (κ2) is 5.48. The van der Waals surface area contributed by atoms with Crippen LogP contribution in [0.5, 0.6) is 0 Å². The summed E-state index contributed by atoms with van der Waals surface area (Å²) >= 11 is 0. The molecule has 0 bridgehead atoms. The fourth-order valence-electron chi connectivity index (χ4n) is 3.27. The maximum atomic E-state index is 12.8. The van der Waals surface area contributed by atoms with E-state index in [1.165, 1.54) is 0 Å². The second-order valence-electron chi connectivity index (χ2n) is 5.46. The minimum absolute atomic E-state index is 0.0499. The highest BCUT2D eigenvalue weighted by Gasteiger charge is 2.44. The van der Waals surface area contributed by atoms with Gasteiger partial charge in [0.2, 0.25) is 0 Å². The lowest BCUT2D eigenvalue weighted by molar-refractivity contribution is -0.189. The molecule has 1 saturated heterocycles. The summed E-state index contributed by atoms with van der Waals surface area (Å²) in [6.07, 6.45) is 0.538. The van der Waals surface area contributed by atoms with Crippen LogP contribution in [0, 0.1) is 23.2 Å². The third kappa shape index (κ3) is 2.97. The highest BCUT2D eigenvalue weighted by molar-refractivity contribution is 4.97. The second-order valence-corrected chi connectivity index (χ2v) is 5.46. The van der Waals surface area contributed by atoms with Crippen LogP contribution in [0.25, 0.3) is 0 Å². The first kappa shape index (κ1) is 13.7. The molecule has 0 aromatic heterocycles. The van der Waals surface area contributed by atoms with Crippen LogP contribution in [0.3, 0.4) is 0 Å². The summed E-state index contributed by atoms with van der Waals surface area (Å²) in [7, 11) is 0. The monoisotopic (exact) mass is 260 g/mol. The molecule has 102 valence electrons. The maximum absolute atomic E-state index is 12.8. The molecule has 0 N–H and O–H groups in total. The minimum Gasteiger partial charge on any atom is -0.298 e. The predicted octanol–water partition coefficient (Wildman–Crippen LogP) is 3.34. The van der Waals surface area contributed by atoms with Gasteiger partial charge in [-0.25, -0.2) is 0 Å². The molecule has 3 atom stereocenters. The molecule has 1 aliphatic carbocycles. The predicted molar refractivity (Wildman–Crippen MR) is 61.7 cm³/mol. The first-order valence-electron chi connectivity index (χ1n) is 6.72. The molecule has 2 rings (SSSR count). The molecule has 5 heteroatoms. The maximum Gasteiger partial charge on any atom is 0.393 e. The standard InChI is InChI=1S/C13H19F3N2/c14-13(15,16)11-5-3-7-18(9-11)12-6-2-1-4-10(12)8-17/h10-12H,1-7,9H2. The van der Waals surface area contributed by atoms with Gasteiger partial charge in [0.1, 0.15) is 0 Å². The fourth-order valence-corrected chi connectivity index (χ4v) is 3.27. The number of alkyl halides is 3. The molecule has 2 nitrogen and oxygen atoms in total. The largest absolute Gasteiger partial charge is 0.393 e. The first-order chi connectivity index (χ1) is 8.52. The molecule has 0 aromatic rings. The zero-order chi connectivity index (χ0) is 13.2. The summed E-state index contributed by atoms with van der Waals surface area (Å²) in [5, 5.41) is 9.12. The molecular weight excluding hydrogens is 241 g/mol. The zero-order valence-corrected chi connectivity index (χ0v) is 10.4. The van der Waals surface area contributed by atoms with Gasteiger partial charge in [-0.2, -0.15) is 18.4 Å². The number of halogens is 3. The SMILES string of the molecule is N#CC1CCCCC1N1CCCC(C(F)(F)F)C1. The summed E-state index contributed by atoms with van der Waals surface area (Å²) in [6.45, 7) is 0.807. The van der Waals surface area contributed by atoms with Crippen molar-refractivity contribution in [3.05, 3.63) is 0 Å². The van der Waals surface area contributed by atoms with Crippen LogP contribution in [0.2, 0.25) is 0 Å². The molecule has 18 heavy (non-hydrogen) atoms. The van der Waals surface area contributed by atoms with E-state index in [9.17, 15) is 13.2 Å². The van der Waals surface area contributed by atoms with Crippen molar-refractivity contribution in [1.82, 2.24) is 4.90 Å². The molecule has 0 amide bonds. The van der Waals surface area contributed by atoms with Crippen molar-refractivity contribution < 1.29 is 13.2 Å². The van der Waals surface area contributed by atoms with Crippen molar-refractivity contribution in [3.8, 4) is 6.07 Å². The number of likely N-dealkylation sites (tertiary alicyclic amines) is 1. The van der Waals surface area contributed by atoms with E-state index in [0.717, 1.165) is 32.2 Å². The van der Waals surface area contributed by atoms with Crippen LogP contribution in [0.1, 0.15) is 38.5 Å². The van der Waals surface area contributed by atoms with Gasteiger partial charge in [0, 0.05) is 12.6 Å². The quantitative estimate of drug-likeness (QED) is 0.723. The van der Waals surface area contributed by atoms with E-state index in [4.69, 9.17) is 5.26 Å². The van der Waals surface area contributed by atoms with E-state index >= 15 is 0 Å². The van der Waals surface area contributed by atoms with Gasteiger partial charge in [-0.15, -0.1) is 0 Å². The van der Waals surface area contributed by atoms with Crippen LogP contribution >= 0.6 is 0 Å². The molecular formula is C13H19F3N2. The summed E-state index contributed by atoms with van der Waals surface area (Å²) in [6, 6.07) is 2.33. The molecule has 0 aromatic carbocycles. The first-order valence-corrected chi connectivity index (χ1v) is 6.72. The van der Waals surface area contributed by atoms with Gasteiger partial charge in [-0.1, -0.05) is 12.8 Å². The van der Waals surface area contributed by atoms with E-state index in [0.29, 0.717) is 6.42 Å². The van der Waals surface area contributed by atoms with Crippen LogP contribution < -0.4 is 0 Å². The Bertz CT molecular complexity index is 321. The van der Waals surface area contributed by atoms with Crippen molar-refractivity contribution in [2.24, 2.45) is 11.8 Å². The molecule has 1 heterocycles. The van der Waals surface area contributed by atoms with Crippen LogP contribution in [0.4, 0.5) is 13.2 Å². The number of nitriles is 1. The molecule has 0 radical (unpaired) electrons. The third-order valence-corrected chi connectivity index (χ3v) is 4.28. The Morgan fingerprint density at radius 2 is 1.78 bits per heavy atom. The van der Waals surface area contributed by atoms with Crippen LogP contribution in [0.15, 0.2) is 0 Å². The van der Waals surface area contributed by atoms with Gasteiger partial charge in [-0.05, 0) is 32.2 Å². The minimum atomic E-state index is -4.09. The van der Waals surface area contributed by atoms with Gasteiger partial charge >= 0.3 is 6.18 Å². The summed E-state index contributed by atoms with van der Waals surface area (Å²) in [5.41, 5.74) is 0. The smallest absolute Gasteiger partial charge is 0.298 e. The fraction of sp³-hybridized carbons (Fsp3) is 0.923. The van der Waals surface area contributed by atoms with E-state index in [1.807, 2.05) is 4.90 Å². The van der Waals surface area contributed by atoms with Crippen molar-refractivity contribution in [1.29, 1.82) is 5.26 Å². The Morgan fingerprint density at radius 1 is 1.06 bits per heavy atom. The molecule has 1 aliphatic heterocycles. The zero-order valence-electron chi connectivity index (χ0n) is 10.4. The average molecular weight is 260 g/mol. The lowest BCUT2D eigenvalue weighted by Crippen LogP contribution is -2.49. The Balaban J connectivity index is 2.01. The van der Waals surface area contributed by atoms with Crippen molar-refractivity contribution >= 4 is 0 Å². The van der Waals surface area contributed by atoms with E-state index in [1.54, 1.807) is 0 Å². The number of hydrogen-bond acceptors (Lipinski definition) is 2. The molecule has 3 unspecified atom stereocenters. The topological polar surface area (TPSA) is 27.0 Å². The van der Waals surface area contributed by atoms with E-state index in [2.05, 4.69) is 6.07 Å². The Hall–Kier alpha value is -0.760. The van der Waals surface area contributed by atoms with Gasteiger partial charge < -0.3 is 0 Å². The highest BCUT2D eigenvalue weighted by atomic mass is 19.4. The lowest BCUT2D eigenvalue weighted by Gasteiger charge is -2.42. The van der Waals surface area contributed by atoms with E-state index in [-0.39, 0.29) is 24.9 Å². The van der Waals surface area contributed by atoms with Crippen molar-refractivity contribution in [3.63, 3.8) is 0 Å². The third-order valence-electron chi connectivity index (χ3n) is 4.28.